The molecule has 0 saturated carbocycles. The molecule has 0 aliphatic rings. The van der Waals surface area contributed by atoms with Gasteiger partial charge in [0.25, 0.3) is 0 Å². The highest BCUT2D eigenvalue weighted by atomic mass is 31.2. The Balaban J connectivity index is 3.22. The number of rotatable bonds is 23. The second kappa shape index (κ2) is 21.2. The van der Waals surface area contributed by atoms with Gasteiger partial charge in [0, 0.05) is 13.7 Å². The zero-order valence-corrected chi connectivity index (χ0v) is 19.8. The molecule has 0 bridgehead atoms. The van der Waals surface area contributed by atoms with Gasteiger partial charge >= 0.3 is 7.91 Å². The minimum absolute atomic E-state index is 0.231. The summed E-state index contributed by atoms with van der Waals surface area (Å²) in [6.45, 7) is 2.82. The van der Waals surface area contributed by atoms with Crippen molar-refractivity contribution in [3.05, 3.63) is 0 Å². The van der Waals surface area contributed by atoms with Crippen molar-refractivity contribution in [1.29, 1.82) is 0 Å². The molecule has 0 saturated heterocycles. The summed E-state index contributed by atoms with van der Waals surface area (Å²) in [6.07, 6.45) is 20.8. The number of unbranched alkanes of at least 4 members (excludes halogenated alkanes) is 15. The summed E-state index contributed by atoms with van der Waals surface area (Å²) in [5.74, 6) is 0. The average molecular weight is 441 g/mol. The molecule has 0 heterocycles. The predicted octanol–water partition coefficient (Wildman–Crippen LogP) is 7.37. The van der Waals surface area contributed by atoms with Crippen molar-refractivity contribution in [1.82, 2.24) is 0 Å². The van der Waals surface area contributed by atoms with E-state index in [1.54, 1.807) is 0 Å². The van der Waals surface area contributed by atoms with Gasteiger partial charge in [-0.2, -0.15) is 0 Å². The van der Waals surface area contributed by atoms with E-state index in [1.165, 1.54) is 97.0 Å². The third-order valence-corrected chi connectivity index (χ3v) is 5.67. The van der Waals surface area contributed by atoms with Crippen LogP contribution in [0, 0.1) is 0 Å². The Labute approximate surface area is 178 Å². The lowest BCUT2D eigenvalue weighted by molar-refractivity contribution is -0.0186. The first-order chi connectivity index (χ1) is 14.0. The first-order valence-electron chi connectivity index (χ1n) is 11.8. The first-order valence-corrected chi connectivity index (χ1v) is 13.2. The second-order valence-electron chi connectivity index (χ2n) is 7.98. The van der Waals surface area contributed by atoms with Crippen LogP contribution in [0.5, 0.6) is 0 Å². The highest BCUT2D eigenvalue weighted by Crippen LogP contribution is 2.43. The van der Waals surface area contributed by atoms with Crippen LogP contribution in [-0.2, 0) is 18.6 Å². The molecule has 29 heavy (non-hydrogen) atoms. The summed E-state index contributed by atoms with van der Waals surface area (Å²) < 4.78 is 37.6. The Morgan fingerprint density at radius 3 is 1.55 bits per heavy atom. The third-order valence-electron chi connectivity index (χ3n) is 5.20. The number of methoxy groups -OCH3 is 1. The monoisotopic (exact) mass is 440 g/mol. The first kappa shape index (κ1) is 29.0. The highest BCUT2D eigenvalue weighted by molar-refractivity contribution is 7.46. The van der Waals surface area contributed by atoms with Crippen molar-refractivity contribution in [2.75, 3.05) is 26.9 Å². The standard InChI is InChI=1S/C22H46FO5P/c1-3-4-5-6-7-8-9-10-11-12-13-14-15-16-17-18-19-27-20-22(26-2)21-28-29(23,24)25/h22H,3-21H2,1-2H3,(H,24,25). The normalized spacial score (nSPS) is 14.8. The van der Waals surface area contributed by atoms with Gasteiger partial charge in [-0.25, -0.2) is 4.57 Å². The van der Waals surface area contributed by atoms with Gasteiger partial charge in [-0.1, -0.05) is 103 Å². The molecule has 0 aromatic carbocycles. The SMILES string of the molecule is CCCCCCCCCCCCCCCCCCOCC(COP(=O)(O)F)OC. The van der Waals surface area contributed by atoms with E-state index in [0.717, 1.165) is 12.8 Å². The molecule has 5 nitrogen and oxygen atoms in total. The van der Waals surface area contributed by atoms with E-state index in [-0.39, 0.29) is 13.2 Å². The summed E-state index contributed by atoms with van der Waals surface area (Å²) in [7, 11) is -3.51. The number of halogens is 1. The smallest absolute Gasteiger partial charge is 0.379 e. The fourth-order valence-electron chi connectivity index (χ4n) is 3.33. The molecule has 0 aromatic rings. The number of hydrogen-bond donors (Lipinski definition) is 1. The van der Waals surface area contributed by atoms with Crippen molar-refractivity contribution in [2.24, 2.45) is 0 Å². The lowest BCUT2D eigenvalue weighted by Gasteiger charge is -2.15. The molecule has 1 N–H and O–H groups in total. The summed E-state index contributed by atoms with van der Waals surface area (Å²) >= 11 is 0. The van der Waals surface area contributed by atoms with E-state index in [0.29, 0.717) is 6.61 Å². The summed E-state index contributed by atoms with van der Waals surface area (Å²) in [6, 6.07) is 0. The lowest BCUT2D eigenvalue weighted by Crippen LogP contribution is -2.23. The maximum Gasteiger partial charge on any atom is 0.510 e. The number of hydrogen-bond acceptors (Lipinski definition) is 4. The van der Waals surface area contributed by atoms with Gasteiger partial charge in [-0.05, 0) is 6.42 Å². The van der Waals surface area contributed by atoms with Gasteiger partial charge in [-0.15, -0.1) is 4.20 Å². The van der Waals surface area contributed by atoms with E-state index in [1.807, 2.05) is 0 Å². The van der Waals surface area contributed by atoms with Crippen molar-refractivity contribution in [3.63, 3.8) is 0 Å². The molecular weight excluding hydrogens is 394 g/mol. The average Bonchev–Trinajstić information content (AvgIpc) is 2.68. The Kier molecular flexibility index (Phi) is 21.2. The van der Waals surface area contributed by atoms with Crippen LogP contribution < -0.4 is 0 Å². The molecule has 2 atom stereocenters. The molecule has 0 aromatic heterocycles. The fourth-order valence-corrected chi connectivity index (χ4v) is 3.68. The lowest BCUT2D eigenvalue weighted by atomic mass is 10.0. The quantitative estimate of drug-likeness (QED) is 0.133. The van der Waals surface area contributed by atoms with E-state index < -0.39 is 14.0 Å². The van der Waals surface area contributed by atoms with Crippen LogP contribution >= 0.6 is 7.91 Å². The molecular formula is C22H46FO5P. The van der Waals surface area contributed by atoms with Gasteiger partial charge in [0.15, 0.2) is 0 Å². The number of ether oxygens (including phenoxy) is 2. The predicted molar refractivity (Wildman–Crippen MR) is 118 cm³/mol. The van der Waals surface area contributed by atoms with E-state index in [4.69, 9.17) is 14.4 Å². The molecule has 0 spiro atoms. The molecule has 2 unspecified atom stereocenters. The zero-order chi connectivity index (χ0) is 21.6. The molecule has 0 aliphatic carbocycles. The minimum Gasteiger partial charge on any atom is -0.379 e. The summed E-state index contributed by atoms with van der Waals surface area (Å²) in [4.78, 5) is 8.46. The largest absolute Gasteiger partial charge is 0.510 e. The van der Waals surface area contributed by atoms with Crippen LogP contribution in [0.25, 0.3) is 0 Å². The molecule has 0 rings (SSSR count). The van der Waals surface area contributed by atoms with Crippen LogP contribution in [0.4, 0.5) is 4.20 Å². The molecule has 0 amide bonds. The summed E-state index contributed by atoms with van der Waals surface area (Å²) in [5, 5.41) is 0. The second-order valence-corrected chi connectivity index (χ2v) is 9.14. The fraction of sp³-hybridized carbons (Fsp3) is 1.00. The highest BCUT2D eigenvalue weighted by Gasteiger charge is 2.20. The van der Waals surface area contributed by atoms with Crippen LogP contribution in [0.1, 0.15) is 110 Å². The van der Waals surface area contributed by atoms with Crippen LogP contribution in [-0.4, -0.2) is 37.9 Å². The van der Waals surface area contributed by atoms with E-state index >= 15 is 0 Å². The summed E-state index contributed by atoms with van der Waals surface area (Å²) in [5.41, 5.74) is 0. The van der Waals surface area contributed by atoms with Crippen molar-refractivity contribution < 1.29 is 27.7 Å². The van der Waals surface area contributed by atoms with Gasteiger partial charge in [0.05, 0.1) is 13.2 Å². The Morgan fingerprint density at radius 1 is 0.759 bits per heavy atom. The van der Waals surface area contributed by atoms with Gasteiger partial charge in [0.1, 0.15) is 6.10 Å². The Hall–Kier alpha value is -0.0000000000000000486. The van der Waals surface area contributed by atoms with Gasteiger partial charge in [-0.3, -0.25) is 9.42 Å². The van der Waals surface area contributed by atoms with Crippen molar-refractivity contribution >= 4 is 7.91 Å². The molecule has 7 heteroatoms. The minimum atomic E-state index is -4.95. The third kappa shape index (κ3) is 24.1. The van der Waals surface area contributed by atoms with E-state index in [9.17, 15) is 8.76 Å². The topological polar surface area (TPSA) is 65.0 Å². The van der Waals surface area contributed by atoms with Gasteiger partial charge in [0.2, 0.25) is 0 Å². The van der Waals surface area contributed by atoms with Crippen LogP contribution in [0.2, 0.25) is 0 Å². The zero-order valence-electron chi connectivity index (χ0n) is 18.9. The van der Waals surface area contributed by atoms with Crippen molar-refractivity contribution in [2.45, 2.75) is 116 Å². The Morgan fingerprint density at radius 2 is 1.17 bits per heavy atom. The van der Waals surface area contributed by atoms with Gasteiger partial charge < -0.3 is 9.47 Å². The van der Waals surface area contributed by atoms with Crippen LogP contribution in [0.3, 0.4) is 0 Å². The van der Waals surface area contributed by atoms with E-state index in [2.05, 4.69) is 11.4 Å². The maximum atomic E-state index is 12.4. The van der Waals surface area contributed by atoms with Crippen molar-refractivity contribution in [3.8, 4) is 0 Å². The molecule has 0 aliphatic heterocycles. The maximum absolute atomic E-state index is 12.4. The molecule has 0 radical (unpaired) electrons. The molecule has 176 valence electrons. The van der Waals surface area contributed by atoms with Crippen LogP contribution in [0.15, 0.2) is 0 Å². The Bertz CT molecular complexity index is 378. The molecule has 0 fully saturated rings.